The fraction of sp³-hybridized carbons (Fsp3) is 0.238. The van der Waals surface area contributed by atoms with E-state index < -0.39 is 15.9 Å². The molecule has 1 saturated heterocycles. The molecular weight excluding hydrogens is 486 g/mol. The average Bonchev–Trinajstić information content (AvgIpc) is 3.23. The van der Waals surface area contributed by atoms with Crippen molar-refractivity contribution in [1.29, 1.82) is 0 Å². The summed E-state index contributed by atoms with van der Waals surface area (Å²) in [7, 11) is -3.60. The van der Waals surface area contributed by atoms with Gasteiger partial charge >= 0.3 is 0 Å². The van der Waals surface area contributed by atoms with Crippen LogP contribution in [0.2, 0.25) is 0 Å². The number of carbonyl (C=O) groups is 1. The number of halogens is 1. The minimum Gasteiger partial charge on any atom is -0.302 e. The van der Waals surface area contributed by atoms with E-state index in [0.29, 0.717) is 24.5 Å². The highest BCUT2D eigenvalue weighted by atomic mass is 79.9. The third kappa shape index (κ3) is 4.64. The van der Waals surface area contributed by atoms with E-state index >= 15 is 0 Å². The lowest BCUT2D eigenvalue weighted by Crippen LogP contribution is -2.43. The first-order valence-corrected chi connectivity index (χ1v) is 12.6. The Bertz CT molecular complexity index is 1130. The van der Waals surface area contributed by atoms with Gasteiger partial charge in [0.2, 0.25) is 15.9 Å². The van der Waals surface area contributed by atoms with E-state index in [2.05, 4.69) is 26.2 Å². The van der Waals surface area contributed by atoms with Gasteiger partial charge in [-0.2, -0.15) is 4.31 Å². The van der Waals surface area contributed by atoms with Crippen molar-refractivity contribution in [2.75, 3.05) is 18.4 Å². The van der Waals surface area contributed by atoms with Crippen LogP contribution in [0.4, 0.5) is 5.13 Å². The van der Waals surface area contributed by atoms with Crippen molar-refractivity contribution >= 4 is 48.3 Å². The summed E-state index contributed by atoms with van der Waals surface area (Å²) in [6.45, 7) is 0.597. The molecule has 2 heterocycles. The Kier molecular flexibility index (Phi) is 6.33. The highest BCUT2D eigenvalue weighted by Crippen LogP contribution is 2.28. The fourth-order valence-electron chi connectivity index (χ4n) is 3.41. The largest absolute Gasteiger partial charge is 0.302 e. The first kappa shape index (κ1) is 21.2. The van der Waals surface area contributed by atoms with Crippen LogP contribution in [0.3, 0.4) is 0 Å². The minimum atomic E-state index is -3.60. The number of nitrogens with one attached hydrogen (secondary N) is 1. The first-order valence-electron chi connectivity index (χ1n) is 9.51. The van der Waals surface area contributed by atoms with Gasteiger partial charge in [-0.15, -0.1) is 11.3 Å². The number of rotatable bonds is 5. The number of piperidine rings is 1. The topological polar surface area (TPSA) is 79.4 Å². The van der Waals surface area contributed by atoms with Crippen LogP contribution < -0.4 is 5.32 Å². The van der Waals surface area contributed by atoms with Crippen molar-refractivity contribution in [2.45, 2.75) is 17.7 Å². The van der Waals surface area contributed by atoms with Gasteiger partial charge in [0, 0.05) is 28.5 Å². The number of hydrogen-bond donors (Lipinski definition) is 1. The fourth-order valence-corrected chi connectivity index (χ4v) is 5.94. The molecule has 1 atom stereocenters. The summed E-state index contributed by atoms with van der Waals surface area (Å²) in [6, 6.07) is 16.1. The Morgan fingerprint density at radius 1 is 1.13 bits per heavy atom. The molecule has 0 spiro atoms. The van der Waals surface area contributed by atoms with Crippen molar-refractivity contribution in [3.63, 3.8) is 0 Å². The molecule has 9 heteroatoms. The Morgan fingerprint density at radius 3 is 2.60 bits per heavy atom. The molecule has 1 aliphatic heterocycles. The number of carbonyl (C=O) groups excluding carboxylic acids is 1. The molecule has 1 N–H and O–H groups in total. The van der Waals surface area contributed by atoms with Crippen LogP contribution in [0.25, 0.3) is 11.3 Å². The summed E-state index contributed by atoms with van der Waals surface area (Å²) in [5.41, 5.74) is 1.76. The van der Waals surface area contributed by atoms with Crippen molar-refractivity contribution in [2.24, 2.45) is 5.92 Å². The highest BCUT2D eigenvalue weighted by Gasteiger charge is 2.33. The zero-order chi connectivity index (χ0) is 21.1. The summed E-state index contributed by atoms with van der Waals surface area (Å²) >= 11 is 4.77. The van der Waals surface area contributed by atoms with Gasteiger partial charge < -0.3 is 5.32 Å². The molecule has 0 bridgehead atoms. The second-order valence-electron chi connectivity index (χ2n) is 7.05. The summed E-state index contributed by atoms with van der Waals surface area (Å²) in [4.78, 5) is 17.5. The minimum absolute atomic E-state index is 0.175. The molecule has 1 unspecified atom stereocenters. The van der Waals surface area contributed by atoms with Gasteiger partial charge in [-0.05, 0) is 37.1 Å². The van der Waals surface area contributed by atoms with E-state index in [1.165, 1.54) is 15.6 Å². The van der Waals surface area contributed by atoms with Crippen LogP contribution in [-0.4, -0.2) is 36.7 Å². The molecule has 30 heavy (non-hydrogen) atoms. The maximum atomic E-state index is 12.9. The van der Waals surface area contributed by atoms with Gasteiger partial charge in [0.15, 0.2) is 5.13 Å². The molecule has 1 aromatic heterocycles. The van der Waals surface area contributed by atoms with Crippen molar-refractivity contribution in [3.05, 3.63) is 64.5 Å². The van der Waals surface area contributed by atoms with Gasteiger partial charge in [0.05, 0.1) is 16.5 Å². The number of benzene rings is 2. The molecule has 1 amide bonds. The third-order valence-electron chi connectivity index (χ3n) is 5.01. The van der Waals surface area contributed by atoms with Gasteiger partial charge in [-0.1, -0.05) is 46.3 Å². The predicted octanol–water partition coefficient (Wildman–Crippen LogP) is 4.61. The Morgan fingerprint density at radius 2 is 1.87 bits per heavy atom. The molecule has 1 aliphatic rings. The first-order chi connectivity index (χ1) is 14.4. The summed E-state index contributed by atoms with van der Waals surface area (Å²) in [5, 5.41) is 5.27. The van der Waals surface area contributed by atoms with Crippen LogP contribution in [-0.2, 0) is 14.8 Å². The van der Waals surface area contributed by atoms with Crippen molar-refractivity contribution in [1.82, 2.24) is 9.29 Å². The second-order valence-corrected chi connectivity index (χ2v) is 10.8. The lowest BCUT2D eigenvalue weighted by atomic mass is 9.99. The lowest BCUT2D eigenvalue weighted by molar-refractivity contribution is -0.120. The molecule has 0 saturated carbocycles. The number of thiazole rings is 1. The number of sulfonamides is 1. The monoisotopic (exact) mass is 505 g/mol. The maximum absolute atomic E-state index is 12.9. The third-order valence-corrected chi connectivity index (χ3v) is 8.18. The van der Waals surface area contributed by atoms with Gasteiger partial charge in [-0.25, -0.2) is 13.4 Å². The van der Waals surface area contributed by atoms with Crippen LogP contribution >= 0.6 is 27.3 Å². The standard InChI is InChI=1S/C21H20BrN3O3S2/c22-17-10-8-15(9-11-17)19-14-29-21(23-19)24-20(26)16-5-4-12-25(13-16)30(27,28)18-6-2-1-3-7-18/h1-3,6-11,14,16H,4-5,12-13H2,(H,23,24,26). The quantitative estimate of drug-likeness (QED) is 0.548. The number of amides is 1. The second kappa shape index (κ2) is 8.97. The summed E-state index contributed by atoms with van der Waals surface area (Å²) < 4.78 is 28.2. The smallest absolute Gasteiger partial charge is 0.243 e. The van der Waals surface area contributed by atoms with Crippen molar-refractivity contribution < 1.29 is 13.2 Å². The van der Waals surface area contributed by atoms with E-state index in [9.17, 15) is 13.2 Å². The molecule has 2 aromatic carbocycles. The lowest BCUT2D eigenvalue weighted by Gasteiger charge is -2.31. The van der Waals surface area contributed by atoms with E-state index in [4.69, 9.17) is 0 Å². The molecule has 156 valence electrons. The Hall–Kier alpha value is -2.07. The summed E-state index contributed by atoms with van der Waals surface area (Å²) in [6.07, 6.45) is 1.30. The zero-order valence-electron chi connectivity index (χ0n) is 16.0. The van der Waals surface area contributed by atoms with Gasteiger partial charge in [0.25, 0.3) is 0 Å². The van der Waals surface area contributed by atoms with E-state index in [0.717, 1.165) is 15.7 Å². The molecule has 6 nitrogen and oxygen atoms in total. The van der Waals surface area contributed by atoms with Crippen molar-refractivity contribution in [3.8, 4) is 11.3 Å². The Balaban J connectivity index is 1.43. The van der Waals surface area contributed by atoms with E-state index in [-0.39, 0.29) is 17.3 Å². The molecule has 3 aromatic rings. The van der Waals surface area contributed by atoms with E-state index in [1.54, 1.807) is 30.3 Å². The van der Waals surface area contributed by atoms with Crippen LogP contribution in [0.5, 0.6) is 0 Å². The normalized spacial score (nSPS) is 17.6. The molecule has 0 radical (unpaired) electrons. The summed E-state index contributed by atoms with van der Waals surface area (Å²) in [5.74, 6) is -0.600. The van der Waals surface area contributed by atoms with Crippen LogP contribution in [0, 0.1) is 5.92 Å². The molecule has 1 fully saturated rings. The molecule has 4 rings (SSSR count). The molecular formula is C21H20BrN3O3S2. The predicted molar refractivity (Wildman–Crippen MR) is 122 cm³/mol. The van der Waals surface area contributed by atoms with Crippen LogP contribution in [0.15, 0.2) is 69.3 Å². The number of anilines is 1. The number of aromatic nitrogens is 1. The van der Waals surface area contributed by atoms with Crippen LogP contribution in [0.1, 0.15) is 12.8 Å². The average molecular weight is 506 g/mol. The number of hydrogen-bond acceptors (Lipinski definition) is 5. The zero-order valence-corrected chi connectivity index (χ0v) is 19.2. The number of nitrogens with zero attached hydrogens (tertiary/aromatic N) is 2. The Labute approximate surface area is 188 Å². The highest BCUT2D eigenvalue weighted by molar-refractivity contribution is 9.10. The SMILES string of the molecule is O=C(Nc1nc(-c2ccc(Br)cc2)cs1)C1CCCN(S(=O)(=O)c2ccccc2)C1. The van der Waals surface area contributed by atoms with E-state index in [1.807, 2.05) is 29.6 Å². The molecule has 0 aliphatic carbocycles. The maximum Gasteiger partial charge on any atom is 0.243 e. The van der Waals surface area contributed by atoms with Gasteiger partial charge in [0.1, 0.15) is 0 Å². The van der Waals surface area contributed by atoms with Gasteiger partial charge in [-0.3, -0.25) is 4.79 Å².